The van der Waals surface area contributed by atoms with Crippen LogP contribution in [0, 0.1) is 10.5 Å². The molecule has 5 heteroatoms. The van der Waals surface area contributed by atoms with E-state index in [1.54, 1.807) is 11.3 Å². The van der Waals surface area contributed by atoms with E-state index in [2.05, 4.69) is 82.0 Å². The largest absolute Gasteiger partial charge is 0.306 e. The first kappa shape index (κ1) is 15.8. The van der Waals surface area contributed by atoms with Crippen molar-refractivity contribution in [3.05, 3.63) is 52.6 Å². The summed E-state index contributed by atoms with van der Waals surface area (Å²) in [4.78, 5) is 1.33. The lowest BCUT2D eigenvalue weighted by Crippen LogP contribution is -2.22. The lowest BCUT2D eigenvalue weighted by Gasteiger charge is -2.19. The van der Waals surface area contributed by atoms with Gasteiger partial charge in [-0.15, -0.1) is 11.3 Å². The van der Waals surface area contributed by atoms with Crippen molar-refractivity contribution in [2.45, 2.75) is 19.9 Å². The summed E-state index contributed by atoms with van der Waals surface area (Å²) in [6.07, 6.45) is 0. The third-order valence-electron chi connectivity index (χ3n) is 2.92. The molecule has 0 spiro atoms. The molecule has 0 saturated carbocycles. The van der Waals surface area contributed by atoms with E-state index in [1.807, 2.05) is 0 Å². The van der Waals surface area contributed by atoms with Crippen LogP contribution in [0.1, 0.15) is 29.0 Å². The van der Waals surface area contributed by atoms with Crippen LogP contribution in [0.15, 0.2) is 28.1 Å². The van der Waals surface area contributed by atoms with E-state index in [0.717, 1.165) is 15.1 Å². The lowest BCUT2D eigenvalue weighted by molar-refractivity contribution is 0.630. The molecule has 0 fully saturated rings. The minimum atomic E-state index is 0.196. The zero-order valence-electron chi connectivity index (χ0n) is 10.6. The summed E-state index contributed by atoms with van der Waals surface area (Å²) in [5.74, 6) is 0. The van der Waals surface area contributed by atoms with Gasteiger partial charge in [0.2, 0.25) is 0 Å². The summed E-state index contributed by atoms with van der Waals surface area (Å²) < 4.78 is 2.25. The van der Waals surface area contributed by atoms with Crippen LogP contribution in [-0.4, -0.2) is 6.54 Å². The Hall–Kier alpha value is 0.380. The second-order valence-electron chi connectivity index (χ2n) is 4.23. The van der Waals surface area contributed by atoms with E-state index in [0.29, 0.717) is 0 Å². The van der Waals surface area contributed by atoms with Gasteiger partial charge in [-0.2, -0.15) is 0 Å². The Morgan fingerprint density at radius 1 is 1.42 bits per heavy atom. The minimum Gasteiger partial charge on any atom is -0.306 e. The molecule has 0 aliphatic heterocycles. The maximum atomic E-state index is 6.25. The van der Waals surface area contributed by atoms with Crippen LogP contribution in [0.25, 0.3) is 0 Å². The van der Waals surface area contributed by atoms with Gasteiger partial charge in [0.15, 0.2) is 0 Å². The first-order chi connectivity index (χ1) is 9.02. The number of rotatable bonds is 4. The summed E-state index contributed by atoms with van der Waals surface area (Å²) in [7, 11) is 0. The fraction of sp³-hybridized carbons (Fsp3) is 0.286. The first-order valence-corrected chi connectivity index (χ1v) is 9.03. The van der Waals surface area contributed by atoms with E-state index >= 15 is 0 Å². The third kappa shape index (κ3) is 3.73. The molecule has 2 aromatic rings. The Morgan fingerprint density at radius 2 is 2.16 bits per heavy atom. The van der Waals surface area contributed by atoms with Gasteiger partial charge in [-0.3, -0.25) is 0 Å². The quantitative estimate of drug-likeness (QED) is 0.559. The predicted octanol–water partition coefficient (Wildman–Crippen LogP) is 5.78. The molecule has 1 aromatic carbocycles. The topological polar surface area (TPSA) is 12.0 Å². The van der Waals surface area contributed by atoms with Crippen molar-refractivity contribution in [2.75, 3.05) is 6.54 Å². The molecule has 0 saturated heterocycles. The minimum absolute atomic E-state index is 0.196. The monoisotopic (exact) mass is 469 g/mol. The number of halogens is 3. The fourth-order valence-corrected chi connectivity index (χ4v) is 4.32. The number of benzene rings is 1. The van der Waals surface area contributed by atoms with Crippen LogP contribution >= 0.6 is 61.5 Å². The Balaban J connectivity index is 2.44. The highest BCUT2D eigenvalue weighted by atomic mass is 127. The molecule has 0 amide bonds. The highest BCUT2D eigenvalue weighted by Gasteiger charge is 2.18. The standard InChI is InChI=1S/C14H14BrClINS/c1-3-18-14(10-7-13(15)19-8(10)2)9-4-5-12(17)11(16)6-9/h4-7,14,18H,3H2,1-2H3. The van der Waals surface area contributed by atoms with Crippen molar-refractivity contribution in [1.82, 2.24) is 5.32 Å². The van der Waals surface area contributed by atoms with Crippen LogP contribution in [0.4, 0.5) is 0 Å². The van der Waals surface area contributed by atoms with Gasteiger partial charge in [-0.25, -0.2) is 0 Å². The van der Waals surface area contributed by atoms with Crippen molar-refractivity contribution in [3.63, 3.8) is 0 Å². The zero-order chi connectivity index (χ0) is 14.0. The molecule has 0 aliphatic carbocycles. The maximum Gasteiger partial charge on any atom is 0.0704 e. The Morgan fingerprint density at radius 3 is 2.68 bits per heavy atom. The summed E-state index contributed by atoms with van der Waals surface area (Å²) in [6.45, 7) is 5.20. The zero-order valence-corrected chi connectivity index (χ0v) is 16.0. The van der Waals surface area contributed by atoms with Gasteiger partial charge in [0.1, 0.15) is 0 Å². The normalized spacial score (nSPS) is 12.7. The van der Waals surface area contributed by atoms with E-state index in [9.17, 15) is 0 Å². The lowest BCUT2D eigenvalue weighted by atomic mass is 9.99. The smallest absolute Gasteiger partial charge is 0.0704 e. The van der Waals surface area contributed by atoms with E-state index in [1.165, 1.54) is 19.8 Å². The number of hydrogen-bond donors (Lipinski definition) is 1. The highest BCUT2D eigenvalue weighted by molar-refractivity contribution is 14.1. The SMILES string of the molecule is CCNC(c1ccc(I)c(Cl)c1)c1cc(Br)sc1C. The Labute approximate surface area is 145 Å². The molecule has 1 N–H and O–H groups in total. The molecule has 1 heterocycles. The van der Waals surface area contributed by atoms with Crippen molar-refractivity contribution in [2.24, 2.45) is 0 Å². The van der Waals surface area contributed by atoms with Gasteiger partial charge in [0, 0.05) is 8.45 Å². The van der Waals surface area contributed by atoms with Gasteiger partial charge in [0.25, 0.3) is 0 Å². The maximum absolute atomic E-state index is 6.25. The van der Waals surface area contributed by atoms with Gasteiger partial charge in [-0.1, -0.05) is 24.6 Å². The molecule has 0 radical (unpaired) electrons. The van der Waals surface area contributed by atoms with E-state index in [4.69, 9.17) is 11.6 Å². The van der Waals surface area contributed by atoms with E-state index in [-0.39, 0.29) is 6.04 Å². The van der Waals surface area contributed by atoms with Gasteiger partial charge < -0.3 is 5.32 Å². The summed E-state index contributed by atoms with van der Waals surface area (Å²) >= 11 is 13.8. The number of aryl methyl sites for hydroxylation is 1. The molecular formula is C14H14BrClINS. The molecule has 1 aromatic heterocycles. The van der Waals surface area contributed by atoms with Gasteiger partial charge >= 0.3 is 0 Å². The third-order valence-corrected chi connectivity index (χ3v) is 6.06. The average molecular weight is 471 g/mol. The van der Waals surface area contributed by atoms with Crippen molar-refractivity contribution in [3.8, 4) is 0 Å². The first-order valence-electron chi connectivity index (χ1n) is 5.97. The van der Waals surface area contributed by atoms with Crippen LogP contribution in [0.5, 0.6) is 0 Å². The van der Waals surface area contributed by atoms with Crippen LogP contribution < -0.4 is 5.32 Å². The Kier molecular flexibility index (Phi) is 5.72. The Bertz CT molecular complexity index is 585. The van der Waals surface area contributed by atoms with Crippen LogP contribution in [0.2, 0.25) is 5.02 Å². The second-order valence-corrected chi connectivity index (χ2v) is 8.43. The van der Waals surface area contributed by atoms with E-state index < -0.39 is 0 Å². The van der Waals surface area contributed by atoms with Crippen molar-refractivity contribution in [1.29, 1.82) is 0 Å². The number of thiophene rings is 1. The molecule has 0 bridgehead atoms. The molecule has 2 rings (SSSR count). The summed E-state index contributed by atoms with van der Waals surface area (Å²) in [5, 5.41) is 4.35. The van der Waals surface area contributed by atoms with Gasteiger partial charge in [-0.05, 0) is 81.3 Å². The molecule has 1 nitrogen and oxygen atoms in total. The molecule has 1 atom stereocenters. The fourth-order valence-electron chi connectivity index (χ4n) is 2.05. The number of hydrogen-bond acceptors (Lipinski definition) is 2. The predicted molar refractivity (Wildman–Crippen MR) is 96.4 cm³/mol. The highest BCUT2D eigenvalue weighted by Crippen LogP contribution is 2.34. The average Bonchev–Trinajstić information content (AvgIpc) is 2.69. The second kappa shape index (κ2) is 6.89. The molecular weight excluding hydrogens is 456 g/mol. The molecule has 19 heavy (non-hydrogen) atoms. The molecule has 102 valence electrons. The molecule has 1 unspecified atom stereocenters. The van der Waals surface area contributed by atoms with Crippen molar-refractivity contribution >= 4 is 61.5 Å². The summed E-state index contributed by atoms with van der Waals surface area (Å²) in [6, 6.07) is 8.66. The molecule has 0 aliphatic rings. The van der Waals surface area contributed by atoms with Crippen LogP contribution in [-0.2, 0) is 0 Å². The number of nitrogens with one attached hydrogen (secondary N) is 1. The van der Waals surface area contributed by atoms with Gasteiger partial charge in [0.05, 0.1) is 14.9 Å². The summed E-state index contributed by atoms with van der Waals surface area (Å²) in [5.41, 5.74) is 2.52. The van der Waals surface area contributed by atoms with Crippen molar-refractivity contribution < 1.29 is 0 Å². The van der Waals surface area contributed by atoms with Crippen LogP contribution in [0.3, 0.4) is 0 Å².